The van der Waals surface area contributed by atoms with Crippen LogP contribution in [0.5, 0.6) is 0 Å². The molecule has 0 amide bonds. The zero-order valence-corrected chi connectivity index (χ0v) is 9.62. The fourth-order valence-corrected chi connectivity index (χ4v) is 2.57. The molecule has 0 aliphatic rings. The third-order valence-corrected chi connectivity index (χ3v) is 3.82. The summed E-state index contributed by atoms with van der Waals surface area (Å²) in [6, 6.07) is 0. The Morgan fingerprint density at radius 3 is 2.08 bits per heavy atom. The highest BCUT2D eigenvalue weighted by Gasteiger charge is 2.03. The van der Waals surface area contributed by atoms with Crippen LogP contribution in [0.3, 0.4) is 0 Å². The van der Waals surface area contributed by atoms with Crippen molar-refractivity contribution in [3.8, 4) is 0 Å². The standard InChI is InChI=1S/C8H15NO2S2/c1-3-5-12-8(7-9(10)11)13-6-4-2/h7H,3-6H2,1-2H3. The molecule has 76 valence electrons. The minimum atomic E-state index is -0.374. The fourth-order valence-electron chi connectivity index (χ4n) is 0.608. The number of nitrogens with zero attached hydrogens (tertiary/aromatic N) is 1. The molecule has 13 heavy (non-hydrogen) atoms. The normalized spacial score (nSPS) is 9.69. The number of hydrogen-bond donors (Lipinski definition) is 0. The van der Waals surface area contributed by atoms with Crippen LogP contribution in [0.1, 0.15) is 26.7 Å². The van der Waals surface area contributed by atoms with Gasteiger partial charge >= 0.3 is 0 Å². The first kappa shape index (κ1) is 12.8. The van der Waals surface area contributed by atoms with E-state index in [-0.39, 0.29) is 4.92 Å². The van der Waals surface area contributed by atoms with Crippen molar-refractivity contribution in [3.63, 3.8) is 0 Å². The summed E-state index contributed by atoms with van der Waals surface area (Å²) in [6.45, 7) is 4.14. The lowest BCUT2D eigenvalue weighted by Crippen LogP contribution is -1.87. The van der Waals surface area contributed by atoms with Gasteiger partial charge in [0, 0.05) is 0 Å². The minimum Gasteiger partial charge on any atom is -0.259 e. The molecule has 0 bridgehead atoms. The first-order valence-electron chi connectivity index (χ1n) is 4.31. The lowest BCUT2D eigenvalue weighted by atomic mass is 10.6. The summed E-state index contributed by atoms with van der Waals surface area (Å²) in [5, 5.41) is 10.2. The van der Waals surface area contributed by atoms with Crippen molar-refractivity contribution in [1.29, 1.82) is 0 Å². The summed E-state index contributed by atoms with van der Waals surface area (Å²) in [5.41, 5.74) is 0. The van der Waals surface area contributed by atoms with Crippen LogP contribution >= 0.6 is 23.5 Å². The molecular weight excluding hydrogens is 206 g/mol. The Bertz CT molecular complexity index is 173. The van der Waals surface area contributed by atoms with Crippen molar-refractivity contribution in [2.75, 3.05) is 11.5 Å². The largest absolute Gasteiger partial charge is 0.259 e. The highest BCUT2D eigenvalue weighted by molar-refractivity contribution is 8.22. The molecule has 0 atom stereocenters. The van der Waals surface area contributed by atoms with Crippen LogP contribution in [0, 0.1) is 10.1 Å². The van der Waals surface area contributed by atoms with Gasteiger partial charge in [0.05, 0.1) is 4.92 Å². The van der Waals surface area contributed by atoms with Gasteiger partial charge in [0.2, 0.25) is 0 Å². The average molecular weight is 221 g/mol. The molecule has 0 saturated heterocycles. The monoisotopic (exact) mass is 221 g/mol. The minimum absolute atomic E-state index is 0.374. The van der Waals surface area contributed by atoms with Gasteiger partial charge in [-0.15, -0.1) is 23.5 Å². The molecule has 0 aromatic carbocycles. The zero-order chi connectivity index (χ0) is 10.1. The van der Waals surface area contributed by atoms with Gasteiger partial charge in [0.25, 0.3) is 6.20 Å². The van der Waals surface area contributed by atoms with E-state index < -0.39 is 0 Å². The van der Waals surface area contributed by atoms with Crippen LogP contribution in [0.2, 0.25) is 0 Å². The van der Waals surface area contributed by atoms with Crippen molar-refractivity contribution >= 4 is 23.5 Å². The van der Waals surface area contributed by atoms with E-state index in [0.29, 0.717) is 0 Å². The van der Waals surface area contributed by atoms with E-state index in [1.165, 1.54) is 0 Å². The van der Waals surface area contributed by atoms with Crippen molar-refractivity contribution in [3.05, 3.63) is 20.6 Å². The van der Waals surface area contributed by atoms with Crippen LogP contribution in [-0.4, -0.2) is 16.4 Å². The Balaban J connectivity index is 3.94. The Morgan fingerprint density at radius 1 is 1.31 bits per heavy atom. The summed E-state index contributed by atoms with van der Waals surface area (Å²) < 4.78 is 0.828. The molecule has 0 radical (unpaired) electrons. The molecule has 0 saturated carbocycles. The molecule has 0 aromatic rings. The molecule has 0 spiro atoms. The van der Waals surface area contributed by atoms with Gasteiger partial charge in [-0.1, -0.05) is 13.8 Å². The van der Waals surface area contributed by atoms with E-state index in [9.17, 15) is 10.1 Å². The van der Waals surface area contributed by atoms with Crippen LogP contribution in [0.4, 0.5) is 0 Å². The maximum Gasteiger partial charge on any atom is 0.254 e. The molecule has 3 nitrogen and oxygen atoms in total. The van der Waals surface area contributed by atoms with Crippen LogP contribution in [0.15, 0.2) is 10.4 Å². The summed E-state index contributed by atoms with van der Waals surface area (Å²) in [4.78, 5) is 9.86. The van der Waals surface area contributed by atoms with Gasteiger partial charge in [-0.2, -0.15) is 0 Å². The molecule has 0 aliphatic carbocycles. The van der Waals surface area contributed by atoms with Gasteiger partial charge < -0.3 is 0 Å². The highest BCUT2D eigenvalue weighted by atomic mass is 32.2. The van der Waals surface area contributed by atoms with Crippen molar-refractivity contribution < 1.29 is 4.92 Å². The number of rotatable bonds is 7. The summed E-state index contributed by atoms with van der Waals surface area (Å²) in [5.74, 6) is 1.91. The Kier molecular flexibility index (Phi) is 8.33. The van der Waals surface area contributed by atoms with Crippen molar-refractivity contribution in [2.45, 2.75) is 26.7 Å². The van der Waals surface area contributed by atoms with Gasteiger partial charge in [-0.25, -0.2) is 0 Å². The second-order valence-electron chi connectivity index (χ2n) is 2.43. The summed E-state index contributed by atoms with van der Waals surface area (Å²) in [7, 11) is 0. The van der Waals surface area contributed by atoms with E-state index in [1.807, 2.05) is 0 Å². The van der Waals surface area contributed by atoms with Gasteiger partial charge in [-0.3, -0.25) is 10.1 Å². The second kappa shape index (κ2) is 8.44. The SMILES string of the molecule is CCCSC(=C[N+](=O)[O-])SCCC. The molecule has 0 unspecified atom stereocenters. The van der Waals surface area contributed by atoms with E-state index in [0.717, 1.165) is 34.8 Å². The van der Waals surface area contributed by atoms with Gasteiger partial charge in [0.15, 0.2) is 0 Å². The van der Waals surface area contributed by atoms with Gasteiger partial charge in [0.1, 0.15) is 4.24 Å². The molecule has 0 fully saturated rings. The Morgan fingerprint density at radius 2 is 1.77 bits per heavy atom. The van der Waals surface area contributed by atoms with Crippen LogP contribution < -0.4 is 0 Å². The lowest BCUT2D eigenvalue weighted by molar-refractivity contribution is -0.402. The predicted molar refractivity (Wildman–Crippen MR) is 60.6 cm³/mol. The first-order chi connectivity index (χ1) is 6.20. The molecule has 0 heterocycles. The molecule has 0 N–H and O–H groups in total. The average Bonchev–Trinajstić information content (AvgIpc) is 2.09. The number of thioether (sulfide) groups is 2. The van der Waals surface area contributed by atoms with E-state index in [2.05, 4.69) is 13.8 Å². The second-order valence-corrected chi connectivity index (χ2v) is 4.96. The predicted octanol–water partition coefficient (Wildman–Crippen LogP) is 3.35. The maximum absolute atomic E-state index is 10.2. The Labute approximate surface area is 87.5 Å². The number of nitro groups is 1. The number of hydrogen-bond acceptors (Lipinski definition) is 4. The van der Waals surface area contributed by atoms with E-state index in [1.54, 1.807) is 23.5 Å². The molecule has 0 aromatic heterocycles. The fraction of sp³-hybridized carbons (Fsp3) is 0.750. The smallest absolute Gasteiger partial charge is 0.254 e. The first-order valence-corrected chi connectivity index (χ1v) is 6.28. The van der Waals surface area contributed by atoms with E-state index in [4.69, 9.17) is 0 Å². The third kappa shape index (κ3) is 8.18. The van der Waals surface area contributed by atoms with Crippen LogP contribution in [-0.2, 0) is 0 Å². The topological polar surface area (TPSA) is 43.1 Å². The van der Waals surface area contributed by atoms with Gasteiger partial charge in [-0.05, 0) is 24.3 Å². The molecule has 0 rings (SSSR count). The quantitative estimate of drug-likeness (QED) is 0.488. The van der Waals surface area contributed by atoms with Crippen molar-refractivity contribution in [2.24, 2.45) is 0 Å². The highest BCUT2D eigenvalue weighted by Crippen LogP contribution is 2.29. The molecule has 5 heteroatoms. The van der Waals surface area contributed by atoms with Crippen molar-refractivity contribution in [1.82, 2.24) is 0 Å². The molecular formula is C8H15NO2S2. The summed E-state index contributed by atoms with van der Waals surface area (Å²) >= 11 is 3.14. The molecule has 0 aliphatic heterocycles. The maximum atomic E-state index is 10.2. The Hall–Kier alpha value is -0.160. The zero-order valence-electron chi connectivity index (χ0n) is 7.99. The van der Waals surface area contributed by atoms with Crippen LogP contribution in [0.25, 0.3) is 0 Å². The van der Waals surface area contributed by atoms with E-state index >= 15 is 0 Å². The summed E-state index contributed by atoms with van der Waals surface area (Å²) in [6.07, 6.45) is 3.21. The third-order valence-electron chi connectivity index (χ3n) is 1.11. The lowest BCUT2D eigenvalue weighted by Gasteiger charge is -2.01.